The molecule has 2 aliphatic carbocycles. The maximum absolute atomic E-state index is 13.0. The smallest absolute Gasteiger partial charge is 0.241 e. The molecule has 26 heavy (non-hydrogen) atoms. The molecule has 0 radical (unpaired) electrons. The molecule has 1 saturated heterocycles. The van der Waals surface area contributed by atoms with Crippen molar-refractivity contribution in [3.63, 3.8) is 0 Å². The molecule has 0 aromatic carbocycles. The number of sulfonamides is 1. The monoisotopic (exact) mass is 387 g/mol. The van der Waals surface area contributed by atoms with E-state index in [9.17, 15) is 18.3 Å². The van der Waals surface area contributed by atoms with E-state index in [0.29, 0.717) is 24.9 Å². The van der Waals surface area contributed by atoms with Crippen LogP contribution < -0.4 is 0 Å². The Kier molecular flexibility index (Phi) is 4.98. The van der Waals surface area contributed by atoms with Crippen molar-refractivity contribution in [3.8, 4) is 0 Å². The number of hydrogen-bond acceptors (Lipinski definition) is 5. The van der Waals surface area contributed by atoms with E-state index in [1.807, 2.05) is 0 Å². The molecule has 6 nitrogen and oxygen atoms in total. The molecule has 3 aliphatic rings. The highest BCUT2D eigenvalue weighted by atomic mass is 32.2. The number of amides is 1. The van der Waals surface area contributed by atoms with Gasteiger partial charge in [-0.1, -0.05) is 27.7 Å². The van der Waals surface area contributed by atoms with Crippen LogP contribution in [-0.2, 0) is 19.6 Å². The van der Waals surface area contributed by atoms with Gasteiger partial charge in [-0.15, -0.1) is 0 Å². The van der Waals surface area contributed by atoms with Crippen molar-refractivity contribution in [2.45, 2.75) is 65.5 Å². The van der Waals surface area contributed by atoms with Gasteiger partial charge in [0, 0.05) is 19.1 Å². The number of nitrogens with zero attached hydrogens (tertiary/aromatic N) is 1. The third kappa shape index (κ3) is 2.90. The van der Waals surface area contributed by atoms with E-state index >= 15 is 0 Å². The van der Waals surface area contributed by atoms with E-state index in [2.05, 4.69) is 20.8 Å². The Labute approximate surface area is 157 Å². The topological polar surface area (TPSA) is 83.9 Å². The van der Waals surface area contributed by atoms with E-state index in [4.69, 9.17) is 4.74 Å². The molecule has 7 heteroatoms. The first-order chi connectivity index (χ1) is 12.0. The van der Waals surface area contributed by atoms with Crippen LogP contribution in [0.1, 0.15) is 53.4 Å². The molecular formula is C19H33NO5S. The Morgan fingerprint density at radius 1 is 1.38 bits per heavy atom. The average Bonchev–Trinajstić information content (AvgIpc) is 2.90. The highest BCUT2D eigenvalue weighted by molar-refractivity contribution is 7.90. The van der Waals surface area contributed by atoms with Crippen LogP contribution in [0.25, 0.3) is 0 Å². The number of hydrogen-bond donors (Lipinski definition) is 1. The fourth-order valence-electron chi connectivity index (χ4n) is 5.73. The van der Waals surface area contributed by atoms with Crippen molar-refractivity contribution < 1.29 is 23.1 Å². The molecule has 3 unspecified atom stereocenters. The predicted molar refractivity (Wildman–Crippen MR) is 98.8 cm³/mol. The molecule has 1 heterocycles. The number of aliphatic hydroxyl groups excluding tert-OH is 1. The van der Waals surface area contributed by atoms with Crippen LogP contribution in [0.5, 0.6) is 0 Å². The van der Waals surface area contributed by atoms with Crippen LogP contribution in [0.2, 0.25) is 0 Å². The Hall–Kier alpha value is -0.660. The molecule has 0 aromatic heterocycles. The van der Waals surface area contributed by atoms with Gasteiger partial charge in [0.1, 0.15) is 0 Å². The number of carbonyl (C=O) groups is 1. The standard InChI is InChI=1S/C19H33NO5S/c1-12(15(21)7-9-25-5)17(22)20-16-10-14-13(18(2,3)4)6-8-19(14,16)11-26(20,23)24/h12-16,21H,6-11H2,1-5H3/t12-,13?,14?,15-,16?,19-/m0/s1. The second-order valence-corrected chi connectivity index (χ2v) is 11.5. The van der Waals surface area contributed by atoms with Crippen LogP contribution in [0.3, 0.4) is 0 Å². The second-order valence-electron chi connectivity index (χ2n) is 9.63. The zero-order chi connectivity index (χ0) is 19.5. The summed E-state index contributed by atoms with van der Waals surface area (Å²) in [6.07, 6.45) is 2.12. The van der Waals surface area contributed by atoms with E-state index in [1.165, 1.54) is 7.11 Å². The lowest BCUT2D eigenvalue weighted by Crippen LogP contribution is -2.58. The van der Waals surface area contributed by atoms with Gasteiger partial charge in [0.25, 0.3) is 0 Å². The number of methoxy groups -OCH3 is 1. The fourth-order valence-corrected chi connectivity index (χ4v) is 8.22. The average molecular weight is 388 g/mol. The van der Waals surface area contributed by atoms with Gasteiger partial charge < -0.3 is 9.84 Å². The summed E-state index contributed by atoms with van der Waals surface area (Å²) in [5, 5.41) is 10.2. The molecule has 1 N–H and O–H groups in total. The van der Waals surface area contributed by atoms with Crippen molar-refractivity contribution >= 4 is 15.9 Å². The highest BCUT2D eigenvalue weighted by Gasteiger charge is 2.71. The van der Waals surface area contributed by atoms with Crippen molar-refractivity contribution in [2.75, 3.05) is 19.5 Å². The first kappa shape index (κ1) is 20.1. The zero-order valence-electron chi connectivity index (χ0n) is 16.6. The fraction of sp³-hybridized carbons (Fsp3) is 0.947. The Balaban J connectivity index is 1.80. The number of rotatable bonds is 5. The maximum Gasteiger partial charge on any atom is 0.241 e. The molecule has 2 saturated carbocycles. The third-order valence-electron chi connectivity index (χ3n) is 7.23. The highest BCUT2D eigenvalue weighted by Crippen LogP contribution is 2.68. The quantitative estimate of drug-likeness (QED) is 0.780. The molecule has 3 fully saturated rings. The molecule has 6 atom stereocenters. The van der Waals surface area contributed by atoms with Crippen LogP contribution in [0, 0.1) is 28.6 Å². The van der Waals surface area contributed by atoms with Crippen LogP contribution >= 0.6 is 0 Å². The van der Waals surface area contributed by atoms with Crippen molar-refractivity contribution in [2.24, 2.45) is 28.6 Å². The molecule has 150 valence electrons. The second kappa shape index (κ2) is 6.45. The number of ether oxygens (including phenoxy) is 1. The van der Waals surface area contributed by atoms with E-state index in [0.717, 1.165) is 23.6 Å². The lowest BCUT2D eigenvalue weighted by molar-refractivity contribution is -0.141. The van der Waals surface area contributed by atoms with E-state index in [-0.39, 0.29) is 22.6 Å². The van der Waals surface area contributed by atoms with Crippen molar-refractivity contribution in [1.29, 1.82) is 0 Å². The first-order valence-corrected chi connectivity index (χ1v) is 11.3. The van der Waals surface area contributed by atoms with Gasteiger partial charge in [0.2, 0.25) is 15.9 Å². The molecular weight excluding hydrogens is 354 g/mol. The van der Waals surface area contributed by atoms with E-state index in [1.54, 1.807) is 6.92 Å². The van der Waals surface area contributed by atoms with Gasteiger partial charge >= 0.3 is 0 Å². The molecule has 1 amide bonds. The molecule has 1 aliphatic heterocycles. The van der Waals surface area contributed by atoms with Crippen LogP contribution in [0.15, 0.2) is 0 Å². The Morgan fingerprint density at radius 2 is 2.04 bits per heavy atom. The summed E-state index contributed by atoms with van der Waals surface area (Å²) >= 11 is 0. The van der Waals surface area contributed by atoms with Gasteiger partial charge in [-0.3, -0.25) is 4.79 Å². The number of carbonyl (C=O) groups excluding carboxylic acids is 1. The lowest BCUT2D eigenvalue weighted by atomic mass is 9.54. The SMILES string of the molecule is COCC[C@H](O)[C@H](C)C(=O)N1C2CC3C(C(C)(C)C)CC[C@]32CS1(=O)=O. The summed E-state index contributed by atoms with van der Waals surface area (Å²) in [5.74, 6) is -0.209. The third-order valence-corrected chi connectivity index (χ3v) is 9.17. The molecule has 0 bridgehead atoms. The summed E-state index contributed by atoms with van der Waals surface area (Å²) in [6.45, 7) is 8.64. The minimum atomic E-state index is -3.61. The van der Waals surface area contributed by atoms with Gasteiger partial charge in [0.05, 0.1) is 23.8 Å². The molecule has 1 spiro atoms. The maximum atomic E-state index is 13.0. The summed E-state index contributed by atoms with van der Waals surface area (Å²) in [4.78, 5) is 13.0. The molecule has 3 rings (SSSR count). The molecule has 0 aromatic rings. The predicted octanol–water partition coefficient (Wildman–Crippen LogP) is 2.02. The summed E-state index contributed by atoms with van der Waals surface area (Å²) in [7, 11) is -2.08. The zero-order valence-corrected chi connectivity index (χ0v) is 17.4. The summed E-state index contributed by atoms with van der Waals surface area (Å²) in [6, 6.07) is -0.213. The lowest BCUT2D eigenvalue weighted by Gasteiger charge is -2.52. The minimum absolute atomic E-state index is 0.0918. The normalized spacial score (nSPS) is 37.6. The van der Waals surface area contributed by atoms with Crippen LogP contribution in [0.4, 0.5) is 0 Å². The summed E-state index contributed by atoms with van der Waals surface area (Å²) in [5.41, 5.74) is -0.104. The minimum Gasteiger partial charge on any atom is -0.392 e. The van der Waals surface area contributed by atoms with Crippen molar-refractivity contribution in [1.82, 2.24) is 4.31 Å². The van der Waals surface area contributed by atoms with Crippen LogP contribution in [-0.4, -0.2) is 55.4 Å². The van der Waals surface area contributed by atoms with Crippen molar-refractivity contribution in [3.05, 3.63) is 0 Å². The van der Waals surface area contributed by atoms with Gasteiger partial charge in [0.15, 0.2) is 0 Å². The number of aliphatic hydroxyl groups is 1. The van der Waals surface area contributed by atoms with E-state index < -0.39 is 28.0 Å². The first-order valence-electron chi connectivity index (χ1n) is 9.68. The Bertz CT molecular complexity index is 670. The van der Waals surface area contributed by atoms with Gasteiger partial charge in [-0.2, -0.15) is 0 Å². The largest absolute Gasteiger partial charge is 0.392 e. The summed E-state index contributed by atoms with van der Waals surface area (Å²) < 4.78 is 31.9. The Morgan fingerprint density at radius 3 is 2.62 bits per heavy atom. The van der Waals surface area contributed by atoms with Gasteiger partial charge in [-0.25, -0.2) is 12.7 Å². The van der Waals surface area contributed by atoms with Gasteiger partial charge in [-0.05, 0) is 42.9 Å².